The first-order valence-corrected chi connectivity index (χ1v) is 9.94. The molecule has 0 saturated heterocycles. The van der Waals surface area contributed by atoms with Gasteiger partial charge in [-0.05, 0) is 18.2 Å². The van der Waals surface area contributed by atoms with Crippen LogP contribution in [0.3, 0.4) is 0 Å². The third-order valence-electron chi connectivity index (χ3n) is 4.08. The van der Waals surface area contributed by atoms with E-state index in [9.17, 15) is 9.36 Å². The number of rotatable bonds is 5. The molecule has 0 aliphatic rings. The van der Waals surface area contributed by atoms with Crippen LogP contribution in [0.2, 0.25) is 0 Å². The Morgan fingerprint density at radius 3 is 1.88 bits per heavy atom. The summed E-state index contributed by atoms with van der Waals surface area (Å²) in [5, 5.41) is 4.74. The molecule has 0 spiro atoms. The maximum absolute atomic E-state index is 14.4. The molecular weight excluding hydrogens is 345 g/mol. The van der Waals surface area contributed by atoms with Crippen LogP contribution in [0.25, 0.3) is 0 Å². The van der Waals surface area contributed by atoms with Gasteiger partial charge in [-0.3, -0.25) is 4.79 Å². The summed E-state index contributed by atoms with van der Waals surface area (Å²) in [4.78, 5) is 11.5. The molecule has 3 aromatic rings. The monoisotopic (exact) mass is 365 g/mol. The van der Waals surface area contributed by atoms with Crippen molar-refractivity contribution in [1.82, 2.24) is 0 Å². The Morgan fingerprint density at radius 2 is 1.42 bits per heavy atom. The third kappa shape index (κ3) is 3.42. The minimum atomic E-state index is -3.18. The SMILES string of the molecule is COc1ccc(NC(C)=O)cc1P(=O)(c1ccccc1)c1ccccc1. The molecule has 0 atom stereocenters. The van der Waals surface area contributed by atoms with Gasteiger partial charge in [0.15, 0.2) is 7.14 Å². The van der Waals surface area contributed by atoms with Crippen LogP contribution in [0.15, 0.2) is 78.9 Å². The standard InChI is InChI=1S/C21H20NO3P/c1-16(23)22-17-13-14-20(25-2)21(15-17)26(24,18-9-5-3-6-10-18)19-11-7-4-8-12-19/h3-15H,1-2H3,(H,22,23). The maximum Gasteiger partial charge on any atom is 0.221 e. The summed E-state index contributed by atoms with van der Waals surface area (Å²) in [6, 6.07) is 23.9. The predicted molar refractivity (Wildman–Crippen MR) is 107 cm³/mol. The molecule has 3 rings (SSSR count). The van der Waals surface area contributed by atoms with Crippen LogP contribution in [-0.2, 0) is 9.36 Å². The second-order valence-corrected chi connectivity index (χ2v) is 8.58. The van der Waals surface area contributed by atoms with E-state index in [1.807, 2.05) is 60.7 Å². The van der Waals surface area contributed by atoms with Crippen molar-refractivity contribution >= 4 is 34.7 Å². The van der Waals surface area contributed by atoms with E-state index in [0.717, 1.165) is 0 Å². The Morgan fingerprint density at radius 1 is 0.885 bits per heavy atom. The number of benzene rings is 3. The molecule has 0 bridgehead atoms. The van der Waals surface area contributed by atoms with Gasteiger partial charge in [0.25, 0.3) is 0 Å². The van der Waals surface area contributed by atoms with Crippen LogP contribution in [-0.4, -0.2) is 13.0 Å². The van der Waals surface area contributed by atoms with Crippen LogP contribution in [0.1, 0.15) is 6.92 Å². The van der Waals surface area contributed by atoms with Crippen molar-refractivity contribution < 1.29 is 14.1 Å². The number of amides is 1. The predicted octanol–water partition coefficient (Wildman–Crippen LogP) is 3.29. The largest absolute Gasteiger partial charge is 0.496 e. The number of carbonyl (C=O) groups excluding carboxylic acids is 1. The van der Waals surface area contributed by atoms with Crippen molar-refractivity contribution in [3.05, 3.63) is 78.9 Å². The summed E-state index contributed by atoms with van der Waals surface area (Å²) in [5.41, 5.74) is 0.584. The number of anilines is 1. The van der Waals surface area contributed by atoms with Gasteiger partial charge in [-0.15, -0.1) is 0 Å². The molecule has 0 aliphatic heterocycles. The topological polar surface area (TPSA) is 55.4 Å². The number of hydrogen-bond donors (Lipinski definition) is 1. The Balaban J connectivity index is 2.29. The molecule has 5 heteroatoms. The highest BCUT2D eigenvalue weighted by Gasteiger charge is 2.32. The van der Waals surface area contributed by atoms with Crippen molar-refractivity contribution in [3.8, 4) is 5.75 Å². The van der Waals surface area contributed by atoms with E-state index in [-0.39, 0.29) is 5.91 Å². The number of carbonyl (C=O) groups is 1. The first-order valence-electron chi connectivity index (χ1n) is 8.23. The molecule has 1 amide bonds. The minimum Gasteiger partial charge on any atom is -0.496 e. The van der Waals surface area contributed by atoms with Crippen LogP contribution >= 0.6 is 7.14 Å². The molecule has 0 aromatic heterocycles. The zero-order chi connectivity index (χ0) is 18.6. The van der Waals surface area contributed by atoms with Gasteiger partial charge >= 0.3 is 0 Å². The molecule has 0 heterocycles. The molecule has 1 N–H and O–H groups in total. The summed E-state index contributed by atoms with van der Waals surface area (Å²) < 4.78 is 20.0. The van der Waals surface area contributed by atoms with Crippen molar-refractivity contribution in [3.63, 3.8) is 0 Å². The molecule has 132 valence electrons. The van der Waals surface area contributed by atoms with Gasteiger partial charge in [0.1, 0.15) is 5.75 Å². The Bertz CT molecular complexity index is 912. The zero-order valence-electron chi connectivity index (χ0n) is 14.7. The van der Waals surface area contributed by atoms with Gasteiger partial charge in [-0.1, -0.05) is 60.7 Å². The number of methoxy groups -OCH3 is 1. The highest BCUT2D eigenvalue weighted by Crippen LogP contribution is 2.45. The third-order valence-corrected chi connectivity index (χ3v) is 7.16. The highest BCUT2D eigenvalue weighted by molar-refractivity contribution is 7.85. The van der Waals surface area contributed by atoms with Gasteiger partial charge in [0, 0.05) is 23.2 Å². The number of ether oxygens (including phenoxy) is 1. The fourth-order valence-electron chi connectivity index (χ4n) is 2.92. The Labute approximate surface area is 153 Å². The molecule has 0 aliphatic carbocycles. The second kappa shape index (κ2) is 7.59. The van der Waals surface area contributed by atoms with E-state index in [2.05, 4.69) is 5.32 Å². The normalized spacial score (nSPS) is 11.0. The van der Waals surface area contributed by atoms with Gasteiger partial charge < -0.3 is 14.6 Å². The van der Waals surface area contributed by atoms with E-state index < -0.39 is 7.14 Å². The van der Waals surface area contributed by atoms with Crippen LogP contribution < -0.4 is 26.0 Å². The molecule has 26 heavy (non-hydrogen) atoms. The quantitative estimate of drug-likeness (QED) is 0.706. The summed E-state index contributed by atoms with van der Waals surface area (Å²) >= 11 is 0. The van der Waals surface area contributed by atoms with Gasteiger partial charge in [0.2, 0.25) is 5.91 Å². The van der Waals surface area contributed by atoms with E-state index >= 15 is 0 Å². The summed E-state index contributed by atoms with van der Waals surface area (Å²) in [6.45, 7) is 1.44. The minimum absolute atomic E-state index is 0.185. The highest BCUT2D eigenvalue weighted by atomic mass is 31.2. The van der Waals surface area contributed by atoms with E-state index in [1.54, 1.807) is 25.3 Å². The van der Waals surface area contributed by atoms with Gasteiger partial charge in [-0.2, -0.15) is 0 Å². The van der Waals surface area contributed by atoms with Gasteiger partial charge in [-0.25, -0.2) is 0 Å². The lowest BCUT2D eigenvalue weighted by atomic mass is 10.3. The van der Waals surface area contributed by atoms with E-state index in [0.29, 0.717) is 27.4 Å². The van der Waals surface area contributed by atoms with Crippen LogP contribution in [0.4, 0.5) is 5.69 Å². The van der Waals surface area contributed by atoms with E-state index in [1.165, 1.54) is 6.92 Å². The average molecular weight is 365 g/mol. The molecule has 3 aromatic carbocycles. The maximum atomic E-state index is 14.4. The molecular formula is C21H20NO3P. The second-order valence-electron chi connectivity index (χ2n) is 5.85. The molecule has 0 saturated carbocycles. The fraction of sp³-hybridized carbons (Fsp3) is 0.0952. The summed E-state index contributed by atoms with van der Waals surface area (Å²) in [6.07, 6.45) is 0. The summed E-state index contributed by atoms with van der Waals surface area (Å²) in [5.74, 6) is 0.338. The van der Waals surface area contributed by atoms with Gasteiger partial charge in [0.05, 0.1) is 12.4 Å². The van der Waals surface area contributed by atoms with Crippen molar-refractivity contribution in [2.45, 2.75) is 6.92 Å². The Hall–Kier alpha value is -2.84. The fourth-order valence-corrected chi connectivity index (χ4v) is 5.76. The molecule has 4 nitrogen and oxygen atoms in total. The molecule has 0 fully saturated rings. The lowest BCUT2D eigenvalue weighted by molar-refractivity contribution is -0.114. The first kappa shape index (κ1) is 18.0. The van der Waals surface area contributed by atoms with Crippen LogP contribution in [0.5, 0.6) is 5.75 Å². The van der Waals surface area contributed by atoms with Crippen molar-refractivity contribution in [2.24, 2.45) is 0 Å². The summed E-state index contributed by atoms with van der Waals surface area (Å²) in [7, 11) is -1.62. The first-order chi connectivity index (χ1) is 12.6. The van der Waals surface area contributed by atoms with Crippen molar-refractivity contribution in [2.75, 3.05) is 12.4 Å². The Kier molecular flexibility index (Phi) is 5.24. The van der Waals surface area contributed by atoms with Crippen LogP contribution in [0, 0.1) is 0 Å². The lowest BCUT2D eigenvalue weighted by Gasteiger charge is -2.22. The molecule has 0 radical (unpaired) electrons. The zero-order valence-corrected chi connectivity index (χ0v) is 15.6. The van der Waals surface area contributed by atoms with E-state index in [4.69, 9.17) is 4.74 Å². The number of nitrogens with one attached hydrogen (secondary N) is 1. The van der Waals surface area contributed by atoms with Crippen molar-refractivity contribution in [1.29, 1.82) is 0 Å². The lowest BCUT2D eigenvalue weighted by Crippen LogP contribution is -2.26. The molecule has 0 unspecified atom stereocenters. The average Bonchev–Trinajstić information content (AvgIpc) is 2.68. The smallest absolute Gasteiger partial charge is 0.221 e. The number of hydrogen-bond acceptors (Lipinski definition) is 3.